The van der Waals surface area contributed by atoms with Crippen molar-refractivity contribution in [2.24, 2.45) is 4.99 Å². The molecule has 0 saturated carbocycles. The van der Waals surface area contributed by atoms with E-state index in [-0.39, 0.29) is 5.91 Å². The molecule has 0 aromatic rings. The minimum absolute atomic E-state index is 0.122. The van der Waals surface area contributed by atoms with E-state index in [0.717, 1.165) is 51.9 Å². The first-order chi connectivity index (χ1) is 11.1. The van der Waals surface area contributed by atoms with Crippen LogP contribution >= 0.6 is 0 Å². The molecule has 7 nitrogen and oxygen atoms in total. The van der Waals surface area contributed by atoms with Crippen molar-refractivity contribution in [2.45, 2.75) is 25.8 Å². The number of guanidine groups is 1. The molecular weight excluding hydrogens is 294 g/mol. The molecule has 1 unspecified atom stereocenters. The Kier molecular flexibility index (Phi) is 7.11. The number of nitrogens with zero attached hydrogens (tertiary/aromatic N) is 4. The SMILES string of the molecule is CCNC(=NCCC(=O)N(C)C)N1CCC(N2CCOCC2)C1. The monoisotopic (exact) mass is 325 g/mol. The number of hydrogen-bond donors (Lipinski definition) is 1. The standard InChI is InChI=1S/C16H31N5O2/c1-4-17-16(18-7-5-15(22)19(2)3)21-8-6-14(13-21)20-9-11-23-12-10-20/h14H,4-13H2,1-3H3,(H,17,18). The second kappa shape index (κ2) is 9.08. The number of carbonyl (C=O) groups is 1. The van der Waals surface area contributed by atoms with Crippen LogP contribution in [0.5, 0.6) is 0 Å². The Balaban J connectivity index is 1.86. The van der Waals surface area contributed by atoms with Crippen LogP contribution in [0.1, 0.15) is 19.8 Å². The summed E-state index contributed by atoms with van der Waals surface area (Å²) in [4.78, 5) is 22.8. The molecule has 23 heavy (non-hydrogen) atoms. The molecule has 2 fully saturated rings. The van der Waals surface area contributed by atoms with E-state index in [9.17, 15) is 4.79 Å². The average molecular weight is 325 g/mol. The summed E-state index contributed by atoms with van der Waals surface area (Å²) in [6.45, 7) is 9.25. The van der Waals surface area contributed by atoms with E-state index >= 15 is 0 Å². The van der Waals surface area contributed by atoms with Gasteiger partial charge in [0.1, 0.15) is 0 Å². The number of ether oxygens (including phenoxy) is 1. The predicted octanol–water partition coefficient (Wildman–Crippen LogP) is -0.163. The normalized spacial score (nSPS) is 23.2. The molecule has 132 valence electrons. The van der Waals surface area contributed by atoms with Crippen molar-refractivity contribution in [3.63, 3.8) is 0 Å². The van der Waals surface area contributed by atoms with E-state index in [1.165, 1.54) is 6.42 Å². The second-order valence-corrected chi connectivity index (χ2v) is 6.31. The Hall–Kier alpha value is -1.34. The van der Waals surface area contributed by atoms with Crippen LogP contribution < -0.4 is 5.32 Å². The Morgan fingerprint density at radius 3 is 2.70 bits per heavy atom. The van der Waals surface area contributed by atoms with Gasteiger partial charge in [0.15, 0.2) is 5.96 Å². The number of carbonyl (C=O) groups excluding carboxylic acids is 1. The predicted molar refractivity (Wildman–Crippen MR) is 91.7 cm³/mol. The highest BCUT2D eigenvalue weighted by atomic mass is 16.5. The molecule has 0 radical (unpaired) electrons. The summed E-state index contributed by atoms with van der Waals surface area (Å²) in [6, 6.07) is 0.589. The highest BCUT2D eigenvalue weighted by Gasteiger charge is 2.30. The maximum Gasteiger partial charge on any atom is 0.223 e. The summed E-state index contributed by atoms with van der Waals surface area (Å²) < 4.78 is 5.44. The van der Waals surface area contributed by atoms with E-state index in [1.54, 1.807) is 19.0 Å². The lowest BCUT2D eigenvalue weighted by Gasteiger charge is -2.32. The molecule has 2 rings (SSSR count). The summed E-state index contributed by atoms with van der Waals surface area (Å²) in [7, 11) is 3.56. The van der Waals surface area contributed by atoms with Crippen molar-refractivity contribution in [2.75, 3.05) is 66.6 Å². The lowest BCUT2D eigenvalue weighted by Crippen LogP contribution is -2.46. The summed E-state index contributed by atoms with van der Waals surface area (Å²) in [6.07, 6.45) is 1.63. The van der Waals surface area contributed by atoms with Crippen molar-refractivity contribution >= 4 is 11.9 Å². The van der Waals surface area contributed by atoms with Gasteiger partial charge in [-0.2, -0.15) is 0 Å². The lowest BCUT2D eigenvalue weighted by atomic mass is 10.2. The molecule has 7 heteroatoms. The maximum absolute atomic E-state index is 11.7. The fraction of sp³-hybridized carbons (Fsp3) is 0.875. The zero-order chi connectivity index (χ0) is 16.7. The van der Waals surface area contributed by atoms with E-state index in [2.05, 4.69) is 27.0 Å². The van der Waals surface area contributed by atoms with Crippen LogP contribution in [0.2, 0.25) is 0 Å². The number of morpholine rings is 1. The Morgan fingerprint density at radius 1 is 1.30 bits per heavy atom. The third-order valence-electron chi connectivity index (χ3n) is 4.45. The van der Waals surface area contributed by atoms with Crippen molar-refractivity contribution in [1.29, 1.82) is 0 Å². The average Bonchev–Trinajstić information content (AvgIpc) is 3.04. The Labute approximate surface area is 139 Å². The number of rotatable bonds is 5. The first-order valence-electron chi connectivity index (χ1n) is 8.67. The van der Waals surface area contributed by atoms with Crippen molar-refractivity contribution in [1.82, 2.24) is 20.0 Å². The molecule has 1 N–H and O–H groups in total. The van der Waals surface area contributed by atoms with Gasteiger partial charge in [-0.25, -0.2) is 0 Å². The van der Waals surface area contributed by atoms with Crippen LogP contribution in [-0.2, 0) is 9.53 Å². The zero-order valence-electron chi connectivity index (χ0n) is 14.8. The molecule has 1 amide bonds. The largest absolute Gasteiger partial charge is 0.379 e. The Morgan fingerprint density at radius 2 is 2.04 bits per heavy atom. The molecule has 2 saturated heterocycles. The number of amides is 1. The number of hydrogen-bond acceptors (Lipinski definition) is 4. The summed E-state index contributed by atoms with van der Waals surface area (Å²) in [5.74, 6) is 1.06. The molecule has 0 aromatic heterocycles. The van der Waals surface area contributed by atoms with Gasteiger partial charge in [-0.3, -0.25) is 14.7 Å². The van der Waals surface area contributed by atoms with Crippen LogP contribution in [0.15, 0.2) is 4.99 Å². The lowest BCUT2D eigenvalue weighted by molar-refractivity contribution is -0.128. The first-order valence-corrected chi connectivity index (χ1v) is 8.67. The van der Waals surface area contributed by atoms with Gasteiger partial charge in [-0.05, 0) is 13.3 Å². The van der Waals surface area contributed by atoms with E-state index in [1.807, 2.05) is 0 Å². The topological polar surface area (TPSA) is 60.4 Å². The molecule has 2 aliphatic rings. The minimum atomic E-state index is 0.122. The van der Waals surface area contributed by atoms with Gasteiger partial charge < -0.3 is 19.9 Å². The smallest absolute Gasteiger partial charge is 0.223 e. The highest BCUT2D eigenvalue weighted by molar-refractivity contribution is 5.81. The summed E-state index contributed by atoms with van der Waals surface area (Å²) in [5.41, 5.74) is 0. The van der Waals surface area contributed by atoms with E-state index < -0.39 is 0 Å². The van der Waals surface area contributed by atoms with Gasteiger partial charge in [0.2, 0.25) is 5.91 Å². The van der Waals surface area contributed by atoms with Crippen LogP contribution in [0.25, 0.3) is 0 Å². The van der Waals surface area contributed by atoms with Gasteiger partial charge >= 0.3 is 0 Å². The third-order valence-corrected chi connectivity index (χ3v) is 4.45. The van der Waals surface area contributed by atoms with Crippen molar-refractivity contribution in [3.8, 4) is 0 Å². The van der Waals surface area contributed by atoms with Gasteiger partial charge in [-0.15, -0.1) is 0 Å². The van der Waals surface area contributed by atoms with Gasteiger partial charge in [0.05, 0.1) is 19.8 Å². The molecule has 0 aliphatic carbocycles. The number of aliphatic imine (C=N–C) groups is 1. The van der Waals surface area contributed by atoms with E-state index in [4.69, 9.17) is 4.74 Å². The van der Waals surface area contributed by atoms with Gasteiger partial charge in [0.25, 0.3) is 0 Å². The molecule has 0 aromatic carbocycles. The summed E-state index contributed by atoms with van der Waals surface area (Å²) >= 11 is 0. The second-order valence-electron chi connectivity index (χ2n) is 6.31. The van der Waals surface area contributed by atoms with Gasteiger partial charge in [0, 0.05) is 59.3 Å². The summed E-state index contributed by atoms with van der Waals surface area (Å²) in [5, 5.41) is 3.36. The maximum atomic E-state index is 11.7. The van der Waals surface area contributed by atoms with Crippen LogP contribution in [0, 0.1) is 0 Å². The molecule has 2 heterocycles. The molecule has 0 bridgehead atoms. The number of likely N-dealkylation sites (tertiary alicyclic amines) is 1. The molecule has 2 aliphatic heterocycles. The van der Waals surface area contributed by atoms with E-state index in [0.29, 0.717) is 19.0 Å². The van der Waals surface area contributed by atoms with Crippen molar-refractivity contribution in [3.05, 3.63) is 0 Å². The van der Waals surface area contributed by atoms with Crippen molar-refractivity contribution < 1.29 is 9.53 Å². The van der Waals surface area contributed by atoms with Crippen LogP contribution in [-0.4, -0.2) is 99.2 Å². The fourth-order valence-corrected chi connectivity index (χ4v) is 3.08. The van der Waals surface area contributed by atoms with Gasteiger partial charge in [-0.1, -0.05) is 0 Å². The highest BCUT2D eigenvalue weighted by Crippen LogP contribution is 2.17. The fourth-order valence-electron chi connectivity index (χ4n) is 3.08. The third kappa shape index (κ3) is 5.35. The molecular formula is C16H31N5O2. The minimum Gasteiger partial charge on any atom is -0.379 e. The quantitative estimate of drug-likeness (QED) is 0.562. The molecule has 1 atom stereocenters. The molecule has 0 spiro atoms. The zero-order valence-corrected chi connectivity index (χ0v) is 14.8. The number of nitrogens with one attached hydrogen (secondary N) is 1. The first kappa shape index (κ1) is 18.0. The Bertz CT molecular complexity index is 407. The van der Waals surface area contributed by atoms with Crippen LogP contribution in [0.3, 0.4) is 0 Å². The van der Waals surface area contributed by atoms with Crippen LogP contribution in [0.4, 0.5) is 0 Å².